The summed E-state index contributed by atoms with van der Waals surface area (Å²) in [5.41, 5.74) is 6.77. The number of thiocarbonyl (C=S) groups is 1. The zero-order chi connectivity index (χ0) is 13.8. The van der Waals surface area contributed by atoms with Crippen molar-refractivity contribution in [1.29, 1.82) is 0 Å². The number of nitrogens with two attached hydrogens (primary N) is 1. The lowest BCUT2D eigenvalue weighted by molar-refractivity contribution is 0.264. The van der Waals surface area contributed by atoms with Gasteiger partial charge in [-0.05, 0) is 18.7 Å². The summed E-state index contributed by atoms with van der Waals surface area (Å²) in [6.45, 7) is 6.95. The first-order valence-electron chi connectivity index (χ1n) is 6.46. The van der Waals surface area contributed by atoms with Crippen molar-refractivity contribution in [2.24, 2.45) is 11.7 Å². The van der Waals surface area contributed by atoms with Crippen molar-refractivity contribution in [1.82, 2.24) is 9.88 Å². The average Bonchev–Trinajstić information content (AvgIpc) is 2.79. The predicted molar refractivity (Wildman–Crippen MR) is 86.5 cm³/mol. The van der Waals surface area contributed by atoms with E-state index in [9.17, 15) is 0 Å². The van der Waals surface area contributed by atoms with Gasteiger partial charge in [0, 0.05) is 12.5 Å². The number of benzene rings is 1. The Hall–Kier alpha value is -1.04. The van der Waals surface area contributed by atoms with Crippen molar-refractivity contribution in [3.05, 3.63) is 29.3 Å². The lowest BCUT2D eigenvalue weighted by Crippen LogP contribution is -2.33. The van der Waals surface area contributed by atoms with Gasteiger partial charge in [-0.2, -0.15) is 0 Å². The molecule has 1 unspecified atom stereocenters. The summed E-state index contributed by atoms with van der Waals surface area (Å²) in [5, 5.41) is 1.15. The maximum Gasteiger partial charge on any atom is 0.108 e. The molecule has 0 fully saturated rings. The Kier molecular flexibility index (Phi) is 4.85. The van der Waals surface area contributed by atoms with Gasteiger partial charge in [-0.1, -0.05) is 38.2 Å². The monoisotopic (exact) mass is 293 g/mol. The molecule has 0 saturated heterocycles. The Labute approximate surface area is 123 Å². The normalized spacial score (nSPS) is 13.0. The third kappa shape index (κ3) is 3.72. The molecular weight excluding hydrogens is 274 g/mol. The summed E-state index contributed by atoms with van der Waals surface area (Å²) >= 11 is 6.80. The summed E-state index contributed by atoms with van der Waals surface area (Å²) in [4.78, 5) is 7.59. The maximum atomic E-state index is 5.69. The molecule has 102 valence electrons. The van der Waals surface area contributed by atoms with Gasteiger partial charge in [0.05, 0.1) is 21.7 Å². The summed E-state index contributed by atoms with van der Waals surface area (Å²) in [7, 11) is 0. The highest BCUT2D eigenvalue weighted by atomic mass is 32.1. The number of aromatic nitrogens is 1. The van der Waals surface area contributed by atoms with Gasteiger partial charge in [0.25, 0.3) is 0 Å². The molecular formula is C14H19N3S2. The van der Waals surface area contributed by atoms with Crippen LogP contribution < -0.4 is 5.73 Å². The Bertz CT molecular complexity index is 532. The Morgan fingerprint density at radius 1 is 1.47 bits per heavy atom. The molecule has 2 N–H and O–H groups in total. The Balaban J connectivity index is 2.07. The highest BCUT2D eigenvalue weighted by Crippen LogP contribution is 2.22. The minimum Gasteiger partial charge on any atom is -0.393 e. The minimum atomic E-state index is 0.240. The van der Waals surface area contributed by atoms with Gasteiger partial charge in [-0.25, -0.2) is 4.98 Å². The largest absolute Gasteiger partial charge is 0.393 e. The molecule has 3 nitrogen and oxygen atoms in total. The van der Waals surface area contributed by atoms with E-state index in [-0.39, 0.29) is 5.92 Å². The molecule has 0 spiro atoms. The smallest absolute Gasteiger partial charge is 0.108 e. The van der Waals surface area contributed by atoms with Crippen LogP contribution in [-0.2, 0) is 6.54 Å². The van der Waals surface area contributed by atoms with Gasteiger partial charge in [-0.3, -0.25) is 4.90 Å². The number of nitrogens with zero attached hydrogens (tertiary/aromatic N) is 2. The van der Waals surface area contributed by atoms with E-state index in [2.05, 4.69) is 41.9 Å². The van der Waals surface area contributed by atoms with Gasteiger partial charge in [0.2, 0.25) is 0 Å². The van der Waals surface area contributed by atoms with Crippen LogP contribution >= 0.6 is 23.6 Å². The molecule has 1 atom stereocenters. The highest BCUT2D eigenvalue weighted by Gasteiger charge is 2.13. The van der Waals surface area contributed by atoms with Crippen molar-refractivity contribution >= 4 is 38.8 Å². The van der Waals surface area contributed by atoms with Gasteiger partial charge >= 0.3 is 0 Å². The molecule has 1 aromatic heterocycles. The van der Waals surface area contributed by atoms with Crippen molar-refractivity contribution in [2.45, 2.75) is 20.4 Å². The van der Waals surface area contributed by atoms with Gasteiger partial charge < -0.3 is 5.73 Å². The lowest BCUT2D eigenvalue weighted by atomic mass is 10.1. The summed E-state index contributed by atoms with van der Waals surface area (Å²) in [5.74, 6) is 0.240. The molecule has 2 aromatic rings. The molecule has 0 aliphatic heterocycles. The topological polar surface area (TPSA) is 42.2 Å². The molecule has 0 amide bonds. The molecule has 5 heteroatoms. The van der Waals surface area contributed by atoms with Crippen LogP contribution in [0.15, 0.2) is 24.3 Å². The molecule has 0 aliphatic rings. The number of thiazole rings is 1. The number of fused-ring (bicyclic) bond motifs is 1. The van der Waals surface area contributed by atoms with Crippen molar-refractivity contribution < 1.29 is 0 Å². The quantitative estimate of drug-likeness (QED) is 0.831. The fourth-order valence-corrected chi connectivity index (χ4v) is 3.05. The average molecular weight is 293 g/mol. The van der Waals surface area contributed by atoms with Crippen LogP contribution in [-0.4, -0.2) is 28.0 Å². The Morgan fingerprint density at radius 2 is 2.21 bits per heavy atom. The van der Waals surface area contributed by atoms with Crippen LogP contribution in [0.2, 0.25) is 0 Å². The number of hydrogen-bond acceptors (Lipinski definition) is 4. The molecule has 0 radical (unpaired) electrons. The zero-order valence-electron chi connectivity index (χ0n) is 11.3. The van der Waals surface area contributed by atoms with Crippen LogP contribution in [0.3, 0.4) is 0 Å². The van der Waals surface area contributed by atoms with Crippen LogP contribution in [0, 0.1) is 5.92 Å². The molecule has 0 saturated carbocycles. The summed E-state index contributed by atoms with van der Waals surface area (Å²) in [6, 6.07) is 8.25. The number of hydrogen-bond donors (Lipinski definition) is 1. The second-order valence-corrected chi connectivity index (χ2v) is 6.29. The number of para-hydroxylation sites is 1. The SMILES string of the molecule is CCN(Cc1nc2ccccc2s1)CC(C)C(N)=S. The fraction of sp³-hybridized carbons (Fsp3) is 0.429. The summed E-state index contributed by atoms with van der Waals surface area (Å²) < 4.78 is 1.25. The van der Waals surface area contributed by atoms with E-state index in [4.69, 9.17) is 18.0 Å². The molecule has 0 bridgehead atoms. The van der Waals surface area contributed by atoms with E-state index in [0.717, 1.165) is 30.2 Å². The van der Waals surface area contributed by atoms with E-state index >= 15 is 0 Å². The van der Waals surface area contributed by atoms with E-state index in [1.807, 2.05) is 6.07 Å². The van der Waals surface area contributed by atoms with Crippen LogP contribution in [0.25, 0.3) is 10.2 Å². The standard InChI is InChI=1S/C14H19N3S2/c1-3-17(8-10(2)14(15)18)9-13-16-11-6-4-5-7-12(11)19-13/h4-7,10H,3,8-9H2,1-2H3,(H2,15,18). The van der Waals surface area contributed by atoms with Gasteiger partial charge in [0.15, 0.2) is 0 Å². The highest BCUT2D eigenvalue weighted by molar-refractivity contribution is 7.80. The lowest BCUT2D eigenvalue weighted by Gasteiger charge is -2.22. The maximum absolute atomic E-state index is 5.69. The molecule has 0 aliphatic carbocycles. The molecule has 1 heterocycles. The van der Waals surface area contributed by atoms with Crippen molar-refractivity contribution in [3.8, 4) is 0 Å². The van der Waals surface area contributed by atoms with Gasteiger partial charge in [0.1, 0.15) is 5.01 Å². The third-order valence-electron chi connectivity index (χ3n) is 3.16. The first kappa shape index (κ1) is 14.4. The second kappa shape index (κ2) is 6.41. The minimum absolute atomic E-state index is 0.240. The first-order valence-corrected chi connectivity index (χ1v) is 7.68. The second-order valence-electron chi connectivity index (χ2n) is 4.71. The fourth-order valence-electron chi connectivity index (χ4n) is 1.96. The van der Waals surface area contributed by atoms with Crippen molar-refractivity contribution in [3.63, 3.8) is 0 Å². The van der Waals surface area contributed by atoms with E-state index in [1.165, 1.54) is 4.70 Å². The first-order chi connectivity index (χ1) is 9.10. The Morgan fingerprint density at radius 3 is 2.84 bits per heavy atom. The molecule has 2 rings (SSSR count). The van der Waals surface area contributed by atoms with Crippen LogP contribution in [0.5, 0.6) is 0 Å². The van der Waals surface area contributed by atoms with E-state index in [0.29, 0.717) is 4.99 Å². The van der Waals surface area contributed by atoms with E-state index < -0.39 is 0 Å². The molecule has 19 heavy (non-hydrogen) atoms. The van der Waals surface area contributed by atoms with Crippen LogP contribution in [0.4, 0.5) is 0 Å². The van der Waals surface area contributed by atoms with Crippen molar-refractivity contribution in [2.75, 3.05) is 13.1 Å². The third-order valence-corrected chi connectivity index (χ3v) is 4.59. The predicted octanol–water partition coefficient (Wildman–Crippen LogP) is 3.04. The zero-order valence-corrected chi connectivity index (χ0v) is 12.9. The molecule has 1 aromatic carbocycles. The van der Waals surface area contributed by atoms with E-state index in [1.54, 1.807) is 11.3 Å². The van der Waals surface area contributed by atoms with Gasteiger partial charge in [-0.15, -0.1) is 11.3 Å². The number of rotatable bonds is 6. The summed E-state index contributed by atoms with van der Waals surface area (Å²) in [6.07, 6.45) is 0. The van der Waals surface area contributed by atoms with Crippen LogP contribution in [0.1, 0.15) is 18.9 Å².